The summed E-state index contributed by atoms with van der Waals surface area (Å²) >= 11 is 0. The number of hydrogen-bond donors (Lipinski definition) is 1. The summed E-state index contributed by atoms with van der Waals surface area (Å²) in [5.41, 5.74) is 2.54. The minimum absolute atomic E-state index is 0.318. The van der Waals surface area contributed by atoms with E-state index in [4.69, 9.17) is 4.74 Å². The molecule has 0 heterocycles. The smallest absolute Gasteiger partial charge is 0.123 e. The van der Waals surface area contributed by atoms with Crippen LogP contribution in [0.3, 0.4) is 0 Å². The summed E-state index contributed by atoms with van der Waals surface area (Å²) in [6.07, 6.45) is 2.81. The average Bonchev–Trinajstić information content (AvgIpc) is 3.19. The first-order chi connectivity index (χ1) is 9.13. The number of methoxy groups -OCH3 is 1. The maximum atomic E-state index is 5.50. The van der Waals surface area contributed by atoms with Gasteiger partial charge in [-0.1, -0.05) is 17.7 Å². The van der Waals surface area contributed by atoms with Gasteiger partial charge >= 0.3 is 0 Å². The number of nitrogens with one attached hydrogen (secondary N) is 1. The molecule has 0 amide bonds. The van der Waals surface area contributed by atoms with E-state index < -0.39 is 0 Å². The third-order valence-corrected chi connectivity index (χ3v) is 3.87. The fraction of sp³-hybridized carbons (Fsp3) is 0.625. The van der Waals surface area contributed by atoms with E-state index in [9.17, 15) is 0 Å². The zero-order valence-electron chi connectivity index (χ0n) is 12.6. The van der Waals surface area contributed by atoms with E-state index in [0.717, 1.165) is 18.2 Å². The lowest BCUT2D eigenvalue weighted by molar-refractivity contribution is 0.282. The average molecular weight is 262 g/mol. The second-order valence-corrected chi connectivity index (χ2v) is 5.75. The van der Waals surface area contributed by atoms with Crippen LogP contribution in [0.15, 0.2) is 18.2 Å². The van der Waals surface area contributed by atoms with E-state index in [1.807, 2.05) is 7.05 Å². The van der Waals surface area contributed by atoms with Gasteiger partial charge in [-0.05, 0) is 45.8 Å². The van der Waals surface area contributed by atoms with Gasteiger partial charge in [-0.15, -0.1) is 0 Å². The van der Waals surface area contributed by atoms with Gasteiger partial charge in [0.05, 0.1) is 7.11 Å². The van der Waals surface area contributed by atoms with Crippen molar-refractivity contribution >= 4 is 0 Å². The van der Waals surface area contributed by atoms with Gasteiger partial charge in [0.25, 0.3) is 0 Å². The topological polar surface area (TPSA) is 24.5 Å². The van der Waals surface area contributed by atoms with Crippen molar-refractivity contribution in [2.45, 2.75) is 25.8 Å². The molecule has 0 aromatic heterocycles. The lowest BCUT2D eigenvalue weighted by Gasteiger charge is -2.25. The number of aryl methyl sites for hydroxylation is 1. The van der Waals surface area contributed by atoms with Crippen molar-refractivity contribution in [3.63, 3.8) is 0 Å². The molecule has 1 atom stereocenters. The largest absolute Gasteiger partial charge is 0.496 e. The van der Waals surface area contributed by atoms with Crippen LogP contribution < -0.4 is 10.1 Å². The molecule has 3 nitrogen and oxygen atoms in total. The lowest BCUT2D eigenvalue weighted by Crippen LogP contribution is -2.32. The molecule has 2 rings (SSSR count). The maximum absolute atomic E-state index is 5.50. The molecule has 1 aliphatic rings. The number of benzene rings is 1. The molecular formula is C16H26N2O. The number of likely N-dealkylation sites (N-methyl/N-ethyl adjacent to an activating group) is 2. The van der Waals surface area contributed by atoms with Crippen molar-refractivity contribution in [3.8, 4) is 5.75 Å². The van der Waals surface area contributed by atoms with Gasteiger partial charge in [0.15, 0.2) is 0 Å². The normalized spacial score (nSPS) is 16.7. The molecule has 0 spiro atoms. The Morgan fingerprint density at radius 1 is 1.42 bits per heavy atom. The molecule has 1 aromatic carbocycles. The first kappa shape index (κ1) is 14.4. The fourth-order valence-electron chi connectivity index (χ4n) is 2.60. The van der Waals surface area contributed by atoms with Crippen LogP contribution in [0.4, 0.5) is 0 Å². The Morgan fingerprint density at radius 3 is 2.74 bits per heavy atom. The summed E-state index contributed by atoms with van der Waals surface area (Å²) in [6.45, 7) is 4.36. The first-order valence-electron chi connectivity index (χ1n) is 7.14. The highest BCUT2D eigenvalue weighted by Gasteiger charge is 2.24. The third-order valence-electron chi connectivity index (χ3n) is 3.87. The molecule has 0 radical (unpaired) electrons. The number of hydrogen-bond acceptors (Lipinski definition) is 3. The van der Waals surface area contributed by atoms with Gasteiger partial charge in [0, 0.05) is 24.7 Å². The molecular weight excluding hydrogens is 236 g/mol. The van der Waals surface area contributed by atoms with Gasteiger partial charge < -0.3 is 15.0 Å². The van der Waals surface area contributed by atoms with Crippen LogP contribution >= 0.6 is 0 Å². The Balaban J connectivity index is 2.08. The molecule has 0 bridgehead atoms. The van der Waals surface area contributed by atoms with Crippen LogP contribution in [-0.2, 0) is 0 Å². The van der Waals surface area contributed by atoms with Crippen LogP contribution in [-0.4, -0.2) is 39.2 Å². The van der Waals surface area contributed by atoms with Gasteiger partial charge in [-0.25, -0.2) is 0 Å². The highest BCUT2D eigenvalue weighted by molar-refractivity contribution is 5.39. The minimum atomic E-state index is 0.318. The van der Waals surface area contributed by atoms with Gasteiger partial charge in [-0.2, -0.15) is 0 Å². The molecule has 0 saturated heterocycles. The molecule has 1 aromatic rings. The second-order valence-electron chi connectivity index (χ2n) is 5.75. The van der Waals surface area contributed by atoms with Crippen molar-refractivity contribution in [1.82, 2.24) is 10.2 Å². The van der Waals surface area contributed by atoms with E-state index in [1.54, 1.807) is 7.11 Å². The number of nitrogens with zero attached hydrogens (tertiary/aromatic N) is 1. The Labute approximate surface area is 116 Å². The van der Waals surface area contributed by atoms with Gasteiger partial charge in [0.2, 0.25) is 0 Å². The molecule has 3 heteroatoms. The summed E-state index contributed by atoms with van der Waals surface area (Å²) in [5.74, 6) is 1.91. The summed E-state index contributed by atoms with van der Waals surface area (Å²) in [7, 11) is 5.98. The van der Waals surface area contributed by atoms with Crippen molar-refractivity contribution < 1.29 is 4.74 Å². The van der Waals surface area contributed by atoms with Crippen molar-refractivity contribution in [3.05, 3.63) is 29.3 Å². The van der Waals surface area contributed by atoms with Gasteiger partial charge in [-0.3, -0.25) is 0 Å². The quantitative estimate of drug-likeness (QED) is 0.817. The number of rotatable bonds is 7. The Bertz CT molecular complexity index is 415. The van der Waals surface area contributed by atoms with Crippen LogP contribution in [0, 0.1) is 12.8 Å². The molecule has 0 aliphatic heterocycles. The predicted octanol–water partition coefficient (Wildman–Crippen LogP) is 2.61. The molecule has 1 unspecified atom stereocenters. The van der Waals surface area contributed by atoms with Crippen LogP contribution in [0.2, 0.25) is 0 Å². The third kappa shape index (κ3) is 3.95. The monoisotopic (exact) mass is 262 g/mol. The van der Waals surface area contributed by atoms with E-state index in [0.29, 0.717) is 6.04 Å². The van der Waals surface area contributed by atoms with Crippen molar-refractivity contribution in [1.29, 1.82) is 0 Å². The summed E-state index contributed by atoms with van der Waals surface area (Å²) < 4.78 is 5.50. The predicted molar refractivity (Wildman–Crippen MR) is 79.8 cm³/mol. The fourth-order valence-corrected chi connectivity index (χ4v) is 2.60. The summed E-state index contributed by atoms with van der Waals surface area (Å²) in [6, 6.07) is 6.71. The standard InChI is InChI=1S/C16H26N2O/c1-12-5-8-16(19-4)14(9-12)15(17-2)11-18(3)10-13-6-7-13/h5,8-9,13,15,17H,6-7,10-11H2,1-4H3. The minimum Gasteiger partial charge on any atom is -0.496 e. The van der Waals surface area contributed by atoms with E-state index in [1.165, 1.54) is 30.5 Å². The SMILES string of the molecule is CNC(CN(C)CC1CC1)c1cc(C)ccc1OC. The Kier molecular flexibility index (Phi) is 4.83. The lowest BCUT2D eigenvalue weighted by atomic mass is 10.0. The molecule has 1 saturated carbocycles. The van der Waals surface area contributed by atoms with Crippen molar-refractivity contribution in [2.75, 3.05) is 34.3 Å². The molecule has 1 aliphatic carbocycles. The highest BCUT2D eigenvalue weighted by Crippen LogP contribution is 2.31. The van der Waals surface area contributed by atoms with Crippen LogP contribution in [0.1, 0.15) is 30.0 Å². The second kappa shape index (κ2) is 6.40. The molecule has 19 heavy (non-hydrogen) atoms. The summed E-state index contributed by atoms with van der Waals surface area (Å²) in [5, 5.41) is 3.42. The molecule has 1 N–H and O–H groups in total. The summed E-state index contributed by atoms with van der Waals surface area (Å²) in [4.78, 5) is 2.43. The van der Waals surface area contributed by atoms with Crippen molar-refractivity contribution in [2.24, 2.45) is 5.92 Å². The highest BCUT2D eigenvalue weighted by atomic mass is 16.5. The zero-order valence-corrected chi connectivity index (χ0v) is 12.6. The van der Waals surface area contributed by atoms with Crippen LogP contribution in [0.5, 0.6) is 5.75 Å². The molecule has 106 valence electrons. The first-order valence-corrected chi connectivity index (χ1v) is 7.14. The van der Waals surface area contributed by atoms with E-state index >= 15 is 0 Å². The van der Waals surface area contributed by atoms with Gasteiger partial charge in [0.1, 0.15) is 5.75 Å². The number of ether oxygens (including phenoxy) is 1. The van der Waals surface area contributed by atoms with E-state index in [2.05, 4.69) is 42.4 Å². The zero-order chi connectivity index (χ0) is 13.8. The maximum Gasteiger partial charge on any atom is 0.123 e. The van der Waals surface area contributed by atoms with Crippen LogP contribution in [0.25, 0.3) is 0 Å². The Morgan fingerprint density at radius 2 is 2.16 bits per heavy atom. The Hall–Kier alpha value is -1.06. The van der Waals surface area contributed by atoms with E-state index in [-0.39, 0.29) is 0 Å². The molecule has 1 fully saturated rings.